The molecule has 0 spiro atoms. The molecule has 18 heavy (non-hydrogen) atoms. The third-order valence-corrected chi connectivity index (χ3v) is 3.85. The van der Waals surface area contributed by atoms with Gasteiger partial charge in [-0.2, -0.15) is 0 Å². The largest absolute Gasteiger partial charge is 0.294 e. The summed E-state index contributed by atoms with van der Waals surface area (Å²) in [4.78, 5) is 12.5. The lowest BCUT2D eigenvalue weighted by Gasteiger charge is -2.05. The Morgan fingerprint density at radius 3 is 2.89 bits per heavy atom. The van der Waals surface area contributed by atoms with Crippen molar-refractivity contribution in [1.82, 2.24) is 20.2 Å². The second-order valence-corrected chi connectivity index (χ2v) is 5.30. The predicted molar refractivity (Wildman–Crippen MR) is 66.7 cm³/mol. The zero-order valence-corrected chi connectivity index (χ0v) is 10.7. The van der Waals surface area contributed by atoms with Crippen molar-refractivity contribution in [3.63, 3.8) is 0 Å². The van der Waals surface area contributed by atoms with Gasteiger partial charge in [0.2, 0.25) is 5.16 Å². The number of carbonyl (C=O) groups excluding carboxylic acids is 1. The maximum absolute atomic E-state index is 11.6. The highest BCUT2D eigenvalue weighted by Gasteiger charge is 2.28. The van der Waals surface area contributed by atoms with E-state index in [0.717, 1.165) is 22.9 Å². The first-order chi connectivity index (χ1) is 8.75. The zero-order valence-electron chi connectivity index (χ0n) is 9.91. The summed E-state index contributed by atoms with van der Waals surface area (Å²) in [5, 5.41) is 12.5. The molecule has 1 heterocycles. The number of nitrogens with zero attached hydrogens (tertiary/aromatic N) is 4. The third kappa shape index (κ3) is 2.15. The lowest BCUT2D eigenvalue weighted by molar-refractivity contribution is 0.101. The molecule has 0 N–H and O–H groups in total. The Bertz CT molecular complexity index is 591. The van der Waals surface area contributed by atoms with E-state index < -0.39 is 0 Å². The van der Waals surface area contributed by atoms with E-state index in [1.54, 1.807) is 6.92 Å². The van der Waals surface area contributed by atoms with E-state index in [4.69, 9.17) is 0 Å². The molecule has 1 aliphatic rings. The Kier molecular flexibility index (Phi) is 2.87. The van der Waals surface area contributed by atoms with Gasteiger partial charge in [-0.3, -0.25) is 4.79 Å². The molecule has 92 valence electrons. The van der Waals surface area contributed by atoms with Crippen LogP contribution in [0, 0.1) is 0 Å². The molecule has 0 atom stereocenters. The molecule has 2 aromatic rings. The van der Waals surface area contributed by atoms with Crippen LogP contribution in [-0.2, 0) is 0 Å². The Morgan fingerprint density at radius 1 is 1.39 bits per heavy atom. The first-order valence-corrected chi connectivity index (χ1v) is 6.63. The van der Waals surface area contributed by atoms with E-state index >= 15 is 0 Å². The molecule has 3 rings (SSSR count). The number of Topliss-reactive ketones (excluding diaryl/α,β-unsaturated/α-hetero) is 1. The number of benzene rings is 1. The van der Waals surface area contributed by atoms with Gasteiger partial charge in [0.05, 0.1) is 6.04 Å². The van der Waals surface area contributed by atoms with Crippen LogP contribution < -0.4 is 0 Å². The molecule has 1 aromatic carbocycles. The fourth-order valence-electron chi connectivity index (χ4n) is 1.75. The van der Waals surface area contributed by atoms with Gasteiger partial charge in [0.25, 0.3) is 0 Å². The van der Waals surface area contributed by atoms with Crippen molar-refractivity contribution in [2.75, 3.05) is 0 Å². The van der Waals surface area contributed by atoms with Gasteiger partial charge in [-0.15, -0.1) is 5.10 Å². The van der Waals surface area contributed by atoms with Crippen LogP contribution in [0.25, 0.3) is 0 Å². The summed E-state index contributed by atoms with van der Waals surface area (Å²) in [6.07, 6.45) is 2.26. The van der Waals surface area contributed by atoms with Crippen LogP contribution in [0.2, 0.25) is 0 Å². The number of aromatic nitrogens is 4. The summed E-state index contributed by atoms with van der Waals surface area (Å²) < 4.78 is 1.85. The summed E-state index contributed by atoms with van der Waals surface area (Å²) in [5.74, 6) is 0.0588. The maximum Gasteiger partial charge on any atom is 0.214 e. The molecule has 0 radical (unpaired) electrons. The molecule has 0 unspecified atom stereocenters. The minimum absolute atomic E-state index is 0.0588. The summed E-state index contributed by atoms with van der Waals surface area (Å²) in [5.41, 5.74) is 0.716. The van der Waals surface area contributed by atoms with E-state index in [-0.39, 0.29) is 5.78 Å². The molecule has 1 saturated carbocycles. The Balaban J connectivity index is 1.92. The molecule has 5 nitrogen and oxygen atoms in total. The average molecular weight is 260 g/mol. The van der Waals surface area contributed by atoms with Crippen molar-refractivity contribution in [3.8, 4) is 0 Å². The highest BCUT2D eigenvalue weighted by Crippen LogP contribution is 2.38. The molecule has 0 amide bonds. The quantitative estimate of drug-likeness (QED) is 0.790. The van der Waals surface area contributed by atoms with Gasteiger partial charge in [0, 0.05) is 10.5 Å². The predicted octanol–water partition coefficient (Wildman–Crippen LogP) is 2.36. The van der Waals surface area contributed by atoms with E-state index in [2.05, 4.69) is 15.5 Å². The molecule has 6 heteroatoms. The second-order valence-electron chi connectivity index (χ2n) is 4.29. The van der Waals surface area contributed by atoms with E-state index in [9.17, 15) is 4.79 Å². The van der Waals surface area contributed by atoms with Crippen molar-refractivity contribution >= 4 is 17.5 Å². The Hall–Kier alpha value is -1.69. The zero-order chi connectivity index (χ0) is 12.5. The monoisotopic (exact) mass is 260 g/mol. The smallest absolute Gasteiger partial charge is 0.214 e. The molecule has 1 aliphatic carbocycles. The van der Waals surface area contributed by atoms with Gasteiger partial charge in [0.1, 0.15) is 0 Å². The Morgan fingerprint density at radius 2 is 2.17 bits per heavy atom. The Labute approximate surface area is 109 Å². The van der Waals surface area contributed by atoms with E-state index in [0.29, 0.717) is 11.6 Å². The summed E-state index contributed by atoms with van der Waals surface area (Å²) in [6, 6.07) is 7.97. The second kappa shape index (κ2) is 4.53. The van der Waals surface area contributed by atoms with E-state index in [1.165, 1.54) is 11.8 Å². The topological polar surface area (TPSA) is 60.7 Å². The van der Waals surface area contributed by atoms with Crippen LogP contribution in [-0.4, -0.2) is 26.0 Å². The van der Waals surface area contributed by atoms with Crippen LogP contribution in [0.3, 0.4) is 0 Å². The minimum atomic E-state index is 0.0588. The van der Waals surface area contributed by atoms with Crippen molar-refractivity contribution in [3.05, 3.63) is 29.8 Å². The van der Waals surface area contributed by atoms with Crippen LogP contribution in [0.5, 0.6) is 0 Å². The molecule has 0 bridgehead atoms. The van der Waals surface area contributed by atoms with Crippen LogP contribution in [0.15, 0.2) is 34.3 Å². The lowest BCUT2D eigenvalue weighted by atomic mass is 10.1. The number of ketones is 1. The van der Waals surface area contributed by atoms with Crippen molar-refractivity contribution in [1.29, 1.82) is 0 Å². The number of tetrazole rings is 1. The summed E-state index contributed by atoms with van der Waals surface area (Å²) >= 11 is 1.45. The van der Waals surface area contributed by atoms with Crippen molar-refractivity contribution in [2.24, 2.45) is 0 Å². The third-order valence-electron chi connectivity index (χ3n) is 2.82. The van der Waals surface area contributed by atoms with Gasteiger partial charge in [-0.25, -0.2) is 4.68 Å². The average Bonchev–Trinajstić information content (AvgIpc) is 3.11. The molecule has 1 aromatic heterocycles. The SMILES string of the molecule is CC(=O)c1ccccc1Sc1nnnn1C1CC1. The maximum atomic E-state index is 11.6. The highest BCUT2D eigenvalue weighted by molar-refractivity contribution is 7.99. The molecule has 1 fully saturated rings. The van der Waals surface area contributed by atoms with Gasteiger partial charge >= 0.3 is 0 Å². The molecule has 0 saturated heterocycles. The summed E-state index contributed by atoms with van der Waals surface area (Å²) in [7, 11) is 0. The number of rotatable bonds is 4. The lowest BCUT2D eigenvalue weighted by Crippen LogP contribution is -2.00. The molecule has 0 aliphatic heterocycles. The normalized spacial score (nSPS) is 14.7. The van der Waals surface area contributed by atoms with Gasteiger partial charge < -0.3 is 0 Å². The van der Waals surface area contributed by atoms with Gasteiger partial charge in [-0.05, 0) is 48.0 Å². The fourth-order valence-corrected chi connectivity index (χ4v) is 2.77. The van der Waals surface area contributed by atoms with Crippen LogP contribution in [0.1, 0.15) is 36.2 Å². The fraction of sp³-hybridized carbons (Fsp3) is 0.333. The standard InChI is InChI=1S/C12H12N4OS/c1-8(17)10-4-2-3-5-11(10)18-12-13-14-15-16(12)9-6-7-9/h2-5,9H,6-7H2,1H3. The first kappa shape index (κ1) is 11.4. The minimum Gasteiger partial charge on any atom is -0.294 e. The number of hydrogen-bond acceptors (Lipinski definition) is 5. The van der Waals surface area contributed by atoms with Crippen molar-refractivity contribution in [2.45, 2.75) is 35.9 Å². The highest BCUT2D eigenvalue weighted by atomic mass is 32.2. The van der Waals surface area contributed by atoms with Crippen molar-refractivity contribution < 1.29 is 4.79 Å². The molecular weight excluding hydrogens is 248 g/mol. The van der Waals surface area contributed by atoms with E-state index in [1.807, 2.05) is 28.9 Å². The summed E-state index contributed by atoms with van der Waals surface area (Å²) in [6.45, 7) is 1.57. The van der Waals surface area contributed by atoms with Gasteiger partial charge in [-0.1, -0.05) is 18.2 Å². The molecular formula is C12H12N4OS. The number of carbonyl (C=O) groups is 1. The van der Waals surface area contributed by atoms with Crippen LogP contribution in [0.4, 0.5) is 0 Å². The number of hydrogen-bond donors (Lipinski definition) is 0. The van der Waals surface area contributed by atoms with Crippen LogP contribution >= 0.6 is 11.8 Å². The first-order valence-electron chi connectivity index (χ1n) is 5.81. The van der Waals surface area contributed by atoms with Gasteiger partial charge in [0.15, 0.2) is 5.78 Å².